The molecule has 0 amide bonds. The van der Waals surface area contributed by atoms with Crippen molar-refractivity contribution in [2.45, 2.75) is 18.3 Å². The van der Waals surface area contributed by atoms with Gasteiger partial charge in [-0.15, -0.1) is 0 Å². The summed E-state index contributed by atoms with van der Waals surface area (Å²) in [5.74, 6) is 0.919. The lowest BCUT2D eigenvalue weighted by Crippen LogP contribution is -2.35. The Kier molecular flexibility index (Phi) is 3.38. The number of aromatic amines is 1. The summed E-state index contributed by atoms with van der Waals surface area (Å²) in [6.45, 7) is 1.10. The summed E-state index contributed by atoms with van der Waals surface area (Å²) in [6, 6.07) is 6.51. The fourth-order valence-electron chi connectivity index (χ4n) is 2.96. The Balaban J connectivity index is 1.80. The third-order valence-electron chi connectivity index (χ3n) is 4.19. The number of nitrogens with one attached hydrogen (secondary N) is 1. The first-order chi connectivity index (χ1) is 11.3. The van der Waals surface area contributed by atoms with E-state index >= 15 is 0 Å². The molecule has 1 fully saturated rings. The van der Waals surface area contributed by atoms with E-state index in [0.717, 1.165) is 5.56 Å². The topological polar surface area (TPSA) is 89.7 Å². The Morgan fingerprint density at radius 3 is 2.83 bits per heavy atom. The molecule has 0 bridgehead atoms. The predicted molar refractivity (Wildman–Crippen MR) is 76.9 cm³/mol. The maximum absolute atomic E-state index is 13.7. The van der Waals surface area contributed by atoms with Crippen LogP contribution in [0.4, 0.5) is 4.39 Å². The molecule has 0 spiro atoms. The molecule has 118 valence electrons. The van der Waals surface area contributed by atoms with Gasteiger partial charge in [0.1, 0.15) is 12.1 Å². The highest BCUT2D eigenvalue weighted by Gasteiger charge is 2.42. The van der Waals surface area contributed by atoms with Crippen LogP contribution in [-0.4, -0.2) is 38.5 Å². The zero-order valence-electron chi connectivity index (χ0n) is 12.2. The van der Waals surface area contributed by atoms with Gasteiger partial charge in [0, 0.05) is 13.2 Å². The first-order valence-corrected chi connectivity index (χ1v) is 7.32. The van der Waals surface area contributed by atoms with E-state index in [9.17, 15) is 4.39 Å². The zero-order chi connectivity index (χ0) is 15.7. The van der Waals surface area contributed by atoms with Gasteiger partial charge in [-0.2, -0.15) is 10.1 Å². The fraction of sp³-hybridized carbons (Fsp3) is 0.333. The summed E-state index contributed by atoms with van der Waals surface area (Å²) in [7, 11) is 0. The van der Waals surface area contributed by atoms with Crippen molar-refractivity contribution in [3.05, 3.63) is 47.9 Å². The van der Waals surface area contributed by atoms with Gasteiger partial charge in [-0.25, -0.2) is 9.37 Å². The van der Waals surface area contributed by atoms with E-state index in [-0.39, 0.29) is 5.82 Å². The summed E-state index contributed by atoms with van der Waals surface area (Å²) < 4.78 is 24.7. The molecule has 3 aromatic rings. The van der Waals surface area contributed by atoms with Crippen molar-refractivity contribution >= 4 is 0 Å². The molecule has 3 heterocycles. The molecule has 1 N–H and O–H groups in total. The van der Waals surface area contributed by atoms with Crippen molar-refractivity contribution in [2.24, 2.45) is 0 Å². The van der Waals surface area contributed by atoms with E-state index in [1.54, 1.807) is 6.07 Å². The van der Waals surface area contributed by atoms with Crippen molar-refractivity contribution in [1.82, 2.24) is 25.3 Å². The third kappa shape index (κ3) is 2.40. The molecule has 2 aromatic heterocycles. The second-order valence-corrected chi connectivity index (χ2v) is 5.46. The molecule has 1 aliphatic heterocycles. The van der Waals surface area contributed by atoms with E-state index in [4.69, 9.17) is 9.26 Å². The van der Waals surface area contributed by atoms with Crippen molar-refractivity contribution in [2.75, 3.05) is 13.2 Å². The molecule has 0 aliphatic carbocycles. The molecule has 0 atom stereocenters. The summed E-state index contributed by atoms with van der Waals surface area (Å²) in [5.41, 5.74) is 0.264. The smallest absolute Gasteiger partial charge is 0.239 e. The average Bonchev–Trinajstić information content (AvgIpc) is 3.27. The third-order valence-corrected chi connectivity index (χ3v) is 4.19. The number of hydrogen-bond acceptors (Lipinski definition) is 6. The minimum atomic E-state index is -0.550. The van der Waals surface area contributed by atoms with Crippen LogP contribution in [0, 0.1) is 5.82 Å². The summed E-state index contributed by atoms with van der Waals surface area (Å²) >= 11 is 0. The molecular formula is C15H14FN5O2. The first-order valence-electron chi connectivity index (χ1n) is 7.32. The fourth-order valence-corrected chi connectivity index (χ4v) is 2.96. The van der Waals surface area contributed by atoms with Crippen LogP contribution < -0.4 is 0 Å². The number of hydrogen-bond donors (Lipinski definition) is 1. The van der Waals surface area contributed by atoms with E-state index in [2.05, 4.69) is 25.3 Å². The van der Waals surface area contributed by atoms with Crippen LogP contribution in [0.5, 0.6) is 0 Å². The largest absolute Gasteiger partial charge is 0.381 e. The summed E-state index contributed by atoms with van der Waals surface area (Å²) in [5, 5.41) is 10.5. The summed E-state index contributed by atoms with van der Waals surface area (Å²) in [6.07, 6.45) is 2.67. The van der Waals surface area contributed by atoms with Crippen LogP contribution in [-0.2, 0) is 10.2 Å². The van der Waals surface area contributed by atoms with Crippen LogP contribution in [0.3, 0.4) is 0 Å². The number of H-pyrrole nitrogens is 1. The van der Waals surface area contributed by atoms with Crippen LogP contribution in [0.2, 0.25) is 0 Å². The van der Waals surface area contributed by atoms with Crippen molar-refractivity contribution in [1.29, 1.82) is 0 Å². The second kappa shape index (κ2) is 5.54. The maximum Gasteiger partial charge on any atom is 0.239 e. The minimum absolute atomic E-state index is 0.289. The number of ether oxygens (including phenoxy) is 1. The normalized spacial score (nSPS) is 17.3. The van der Waals surface area contributed by atoms with Crippen LogP contribution in [0.1, 0.15) is 24.3 Å². The monoisotopic (exact) mass is 315 g/mol. The van der Waals surface area contributed by atoms with Gasteiger partial charge in [-0.3, -0.25) is 5.10 Å². The van der Waals surface area contributed by atoms with Crippen molar-refractivity contribution in [3.63, 3.8) is 0 Å². The average molecular weight is 315 g/mol. The van der Waals surface area contributed by atoms with Gasteiger partial charge in [-0.1, -0.05) is 17.3 Å². The molecule has 7 nitrogen and oxygen atoms in total. The van der Waals surface area contributed by atoms with E-state index < -0.39 is 5.41 Å². The van der Waals surface area contributed by atoms with Crippen molar-refractivity contribution < 1.29 is 13.7 Å². The molecule has 4 rings (SSSR count). The van der Waals surface area contributed by atoms with E-state index in [1.165, 1.54) is 18.5 Å². The molecular weight excluding hydrogens is 301 g/mol. The molecule has 0 saturated carbocycles. The SMILES string of the molecule is Fc1cccc(C2(c3nc(-c4ncn[nH]4)no3)CCOCC2)c1. The lowest BCUT2D eigenvalue weighted by Gasteiger charge is -2.34. The van der Waals surface area contributed by atoms with Crippen LogP contribution in [0.15, 0.2) is 35.1 Å². The predicted octanol–water partition coefficient (Wildman–Crippen LogP) is 2.09. The maximum atomic E-state index is 13.7. The van der Waals surface area contributed by atoms with E-state index in [1.807, 2.05) is 6.07 Å². The van der Waals surface area contributed by atoms with Gasteiger partial charge in [0.05, 0.1) is 5.41 Å². The minimum Gasteiger partial charge on any atom is -0.381 e. The molecule has 1 aromatic carbocycles. The van der Waals surface area contributed by atoms with Gasteiger partial charge >= 0.3 is 0 Å². The molecule has 0 unspecified atom stereocenters. The second-order valence-electron chi connectivity index (χ2n) is 5.46. The van der Waals surface area contributed by atoms with Crippen LogP contribution in [0.25, 0.3) is 11.6 Å². The number of halogens is 1. The first kappa shape index (κ1) is 14.0. The lowest BCUT2D eigenvalue weighted by atomic mass is 9.74. The standard InChI is InChI=1S/C15H14FN5O2/c16-11-3-1-2-10(8-11)15(4-6-22-7-5-15)14-19-13(21-23-14)12-17-9-18-20-12/h1-3,8-9H,4-7H2,(H,17,18,20). The Labute approximate surface area is 130 Å². The molecule has 8 heteroatoms. The number of benzene rings is 1. The molecule has 23 heavy (non-hydrogen) atoms. The quantitative estimate of drug-likeness (QED) is 0.796. The highest BCUT2D eigenvalue weighted by Crippen LogP contribution is 2.40. The highest BCUT2D eigenvalue weighted by molar-refractivity contribution is 5.42. The molecule has 1 aliphatic rings. The highest BCUT2D eigenvalue weighted by atomic mass is 19.1. The lowest BCUT2D eigenvalue weighted by molar-refractivity contribution is 0.0522. The van der Waals surface area contributed by atoms with Gasteiger partial charge in [0.2, 0.25) is 11.7 Å². The Morgan fingerprint density at radius 2 is 2.09 bits per heavy atom. The number of rotatable bonds is 3. The Bertz CT molecular complexity index is 796. The Morgan fingerprint density at radius 1 is 1.22 bits per heavy atom. The summed E-state index contributed by atoms with van der Waals surface area (Å²) in [4.78, 5) is 8.48. The van der Waals surface area contributed by atoms with Gasteiger partial charge in [-0.05, 0) is 30.5 Å². The van der Waals surface area contributed by atoms with Gasteiger partial charge in [0.25, 0.3) is 0 Å². The molecule has 1 saturated heterocycles. The van der Waals surface area contributed by atoms with E-state index in [0.29, 0.717) is 43.6 Å². The zero-order valence-corrected chi connectivity index (χ0v) is 12.2. The van der Waals surface area contributed by atoms with Gasteiger partial charge in [0.15, 0.2) is 5.82 Å². The number of aromatic nitrogens is 5. The van der Waals surface area contributed by atoms with Crippen LogP contribution >= 0.6 is 0 Å². The molecule has 0 radical (unpaired) electrons. The van der Waals surface area contributed by atoms with Crippen molar-refractivity contribution in [3.8, 4) is 11.6 Å². The number of nitrogens with zero attached hydrogens (tertiary/aromatic N) is 4. The van der Waals surface area contributed by atoms with Gasteiger partial charge < -0.3 is 9.26 Å². The Hall–Kier alpha value is -2.61.